The van der Waals surface area contributed by atoms with E-state index in [4.69, 9.17) is 5.73 Å². The molecule has 0 aromatic heterocycles. The highest BCUT2D eigenvalue weighted by molar-refractivity contribution is 7.92. The first kappa shape index (κ1) is 15.3. The molecule has 0 spiro atoms. The Balaban J connectivity index is 2.51. The summed E-state index contributed by atoms with van der Waals surface area (Å²) < 4.78 is 26.6. The van der Waals surface area contributed by atoms with Crippen molar-refractivity contribution in [1.29, 1.82) is 0 Å². The van der Waals surface area contributed by atoms with Crippen molar-refractivity contribution in [2.75, 3.05) is 23.2 Å². The lowest BCUT2D eigenvalue weighted by molar-refractivity contribution is 0.306. The van der Waals surface area contributed by atoms with Gasteiger partial charge in [-0.3, -0.25) is 4.31 Å². The Hall–Kier alpha value is -2.05. The molecule has 5 nitrogen and oxygen atoms in total. The van der Waals surface area contributed by atoms with Crippen LogP contribution < -0.4 is 10.0 Å². The Morgan fingerprint density at radius 2 is 1.71 bits per heavy atom. The molecule has 6 heteroatoms. The summed E-state index contributed by atoms with van der Waals surface area (Å²) in [5, 5.41) is 9.20. The number of hydrogen-bond acceptors (Lipinski definition) is 4. The van der Waals surface area contributed by atoms with E-state index in [1.165, 1.54) is 0 Å². The maximum Gasteiger partial charge on any atom is 0.264 e. The molecular weight excluding hydrogens is 288 g/mol. The van der Waals surface area contributed by atoms with Crippen LogP contribution in [0.1, 0.15) is 5.56 Å². The standard InChI is InChI=1S/C15H18N2O3S/c1-12-6-8-13(9-7-12)21(19,20)17(10-11-18)15-5-3-2-4-14(15)16/h2-9,18H,10-11,16H2,1H3. The van der Waals surface area contributed by atoms with Crippen molar-refractivity contribution >= 4 is 21.4 Å². The van der Waals surface area contributed by atoms with Crippen LogP contribution in [-0.4, -0.2) is 26.7 Å². The molecular formula is C15H18N2O3S. The van der Waals surface area contributed by atoms with Crippen molar-refractivity contribution in [2.45, 2.75) is 11.8 Å². The molecule has 21 heavy (non-hydrogen) atoms. The lowest BCUT2D eigenvalue weighted by Gasteiger charge is -2.25. The number of sulfonamides is 1. The smallest absolute Gasteiger partial charge is 0.264 e. The monoisotopic (exact) mass is 306 g/mol. The minimum atomic E-state index is -3.76. The number of nitrogen functional groups attached to an aromatic ring is 1. The highest BCUT2D eigenvalue weighted by atomic mass is 32.2. The largest absolute Gasteiger partial charge is 0.397 e. The molecule has 0 unspecified atom stereocenters. The second-order valence-electron chi connectivity index (χ2n) is 4.67. The summed E-state index contributed by atoms with van der Waals surface area (Å²) in [7, 11) is -3.76. The molecule has 0 radical (unpaired) electrons. The van der Waals surface area contributed by atoms with Crippen LogP contribution in [0, 0.1) is 6.92 Å². The number of nitrogens with two attached hydrogens (primary N) is 1. The number of hydrogen-bond donors (Lipinski definition) is 2. The fourth-order valence-corrected chi connectivity index (χ4v) is 3.49. The zero-order valence-corrected chi connectivity index (χ0v) is 12.5. The lowest BCUT2D eigenvalue weighted by Crippen LogP contribution is -2.34. The summed E-state index contributed by atoms with van der Waals surface area (Å²) in [6.45, 7) is 1.54. The van der Waals surface area contributed by atoms with Gasteiger partial charge in [-0.1, -0.05) is 29.8 Å². The molecule has 0 aliphatic heterocycles. The minimum absolute atomic E-state index is 0.0512. The van der Waals surface area contributed by atoms with Gasteiger partial charge < -0.3 is 10.8 Å². The highest BCUT2D eigenvalue weighted by Crippen LogP contribution is 2.28. The van der Waals surface area contributed by atoms with Gasteiger partial charge in [0.1, 0.15) is 0 Å². The number of rotatable bonds is 5. The second kappa shape index (κ2) is 6.15. The van der Waals surface area contributed by atoms with Gasteiger partial charge in [0.05, 0.1) is 29.4 Å². The maximum absolute atomic E-state index is 12.7. The van der Waals surface area contributed by atoms with Crippen molar-refractivity contribution in [3.05, 3.63) is 54.1 Å². The Kier molecular flexibility index (Phi) is 4.50. The lowest BCUT2D eigenvalue weighted by atomic mass is 10.2. The molecule has 0 amide bonds. The number of benzene rings is 2. The molecule has 112 valence electrons. The van der Waals surface area contributed by atoms with Crippen LogP contribution in [0.2, 0.25) is 0 Å². The molecule has 0 fully saturated rings. The number of para-hydroxylation sites is 2. The Morgan fingerprint density at radius 3 is 2.29 bits per heavy atom. The molecule has 2 rings (SSSR count). The molecule has 0 bridgehead atoms. The van der Waals surface area contributed by atoms with E-state index in [2.05, 4.69) is 0 Å². The van der Waals surface area contributed by atoms with E-state index in [1.807, 2.05) is 6.92 Å². The predicted molar refractivity (Wildman–Crippen MR) is 83.7 cm³/mol. The van der Waals surface area contributed by atoms with Crippen LogP contribution in [0.15, 0.2) is 53.4 Å². The van der Waals surface area contributed by atoms with Crippen molar-refractivity contribution in [1.82, 2.24) is 0 Å². The molecule has 0 saturated heterocycles. The fourth-order valence-electron chi connectivity index (χ4n) is 2.01. The normalized spacial score (nSPS) is 11.3. The number of aliphatic hydroxyl groups excluding tert-OH is 1. The molecule has 2 aromatic carbocycles. The van der Waals surface area contributed by atoms with Gasteiger partial charge in [-0.25, -0.2) is 8.42 Å². The van der Waals surface area contributed by atoms with E-state index in [-0.39, 0.29) is 18.0 Å². The number of anilines is 2. The van der Waals surface area contributed by atoms with Crippen LogP contribution in [0.5, 0.6) is 0 Å². The topological polar surface area (TPSA) is 83.6 Å². The van der Waals surface area contributed by atoms with E-state index < -0.39 is 10.0 Å². The maximum atomic E-state index is 12.7. The average molecular weight is 306 g/mol. The summed E-state index contributed by atoms with van der Waals surface area (Å²) in [6.07, 6.45) is 0. The second-order valence-corrected chi connectivity index (χ2v) is 6.53. The first-order chi connectivity index (χ1) is 9.96. The SMILES string of the molecule is Cc1ccc(S(=O)(=O)N(CCO)c2ccccc2N)cc1. The molecule has 0 aliphatic carbocycles. The summed E-state index contributed by atoms with van der Waals surface area (Å²) in [6, 6.07) is 13.3. The zero-order valence-electron chi connectivity index (χ0n) is 11.7. The third-order valence-electron chi connectivity index (χ3n) is 3.12. The van der Waals surface area contributed by atoms with Crippen LogP contribution in [-0.2, 0) is 10.0 Å². The molecule has 0 aliphatic rings. The van der Waals surface area contributed by atoms with Crippen molar-refractivity contribution in [3.8, 4) is 0 Å². The third kappa shape index (κ3) is 3.17. The van der Waals surface area contributed by atoms with Crippen LogP contribution >= 0.6 is 0 Å². The van der Waals surface area contributed by atoms with E-state index in [0.717, 1.165) is 9.87 Å². The van der Waals surface area contributed by atoms with E-state index >= 15 is 0 Å². The van der Waals surface area contributed by atoms with Crippen molar-refractivity contribution < 1.29 is 13.5 Å². The van der Waals surface area contributed by atoms with Crippen LogP contribution in [0.3, 0.4) is 0 Å². The highest BCUT2D eigenvalue weighted by Gasteiger charge is 2.25. The van der Waals surface area contributed by atoms with Gasteiger partial charge in [0.25, 0.3) is 10.0 Å². The van der Waals surface area contributed by atoms with E-state index in [9.17, 15) is 13.5 Å². The summed E-state index contributed by atoms with van der Waals surface area (Å²) in [5.74, 6) is 0. The van der Waals surface area contributed by atoms with Crippen LogP contribution in [0.25, 0.3) is 0 Å². The quantitative estimate of drug-likeness (QED) is 0.825. The molecule has 0 atom stereocenters. The third-order valence-corrected chi connectivity index (χ3v) is 4.94. The Labute approximate surface area is 124 Å². The van der Waals surface area contributed by atoms with Crippen molar-refractivity contribution in [2.24, 2.45) is 0 Å². The molecule has 3 N–H and O–H groups in total. The Morgan fingerprint density at radius 1 is 1.10 bits per heavy atom. The number of aryl methyl sites for hydroxylation is 1. The predicted octanol–water partition coefficient (Wildman–Crippen LogP) is 1.76. The summed E-state index contributed by atoms with van der Waals surface area (Å²) in [5.41, 5.74) is 7.55. The number of aliphatic hydroxyl groups is 1. The van der Waals surface area contributed by atoms with E-state index in [0.29, 0.717) is 11.4 Å². The van der Waals surface area contributed by atoms with Gasteiger partial charge in [-0.2, -0.15) is 0 Å². The van der Waals surface area contributed by atoms with Gasteiger partial charge >= 0.3 is 0 Å². The minimum Gasteiger partial charge on any atom is -0.397 e. The van der Waals surface area contributed by atoms with Gasteiger partial charge in [0.15, 0.2) is 0 Å². The summed E-state index contributed by atoms with van der Waals surface area (Å²) >= 11 is 0. The summed E-state index contributed by atoms with van der Waals surface area (Å²) in [4.78, 5) is 0.171. The van der Waals surface area contributed by atoms with Crippen molar-refractivity contribution in [3.63, 3.8) is 0 Å². The molecule has 0 heterocycles. The van der Waals surface area contributed by atoms with Crippen LogP contribution in [0.4, 0.5) is 11.4 Å². The molecule has 2 aromatic rings. The first-order valence-electron chi connectivity index (χ1n) is 6.51. The van der Waals surface area contributed by atoms with Gasteiger partial charge in [0, 0.05) is 0 Å². The number of nitrogens with zero attached hydrogens (tertiary/aromatic N) is 1. The molecule has 0 saturated carbocycles. The van der Waals surface area contributed by atoms with Gasteiger partial charge in [0.2, 0.25) is 0 Å². The van der Waals surface area contributed by atoms with Gasteiger partial charge in [-0.05, 0) is 31.2 Å². The van der Waals surface area contributed by atoms with Gasteiger partial charge in [-0.15, -0.1) is 0 Å². The zero-order chi connectivity index (χ0) is 15.5. The average Bonchev–Trinajstić information content (AvgIpc) is 2.46. The first-order valence-corrected chi connectivity index (χ1v) is 7.95. The van der Waals surface area contributed by atoms with E-state index in [1.54, 1.807) is 48.5 Å². The fraction of sp³-hybridized carbons (Fsp3) is 0.200. The Bertz CT molecular complexity index is 712.